The number of aliphatic carboxylic acids is 1. The molecule has 0 aliphatic heterocycles. The molecule has 0 fully saturated rings. The number of carboxylic acids is 1. The summed E-state index contributed by atoms with van der Waals surface area (Å²) in [5, 5.41) is 15.6. The summed E-state index contributed by atoms with van der Waals surface area (Å²) in [5.41, 5.74) is 3.29. The highest BCUT2D eigenvalue weighted by atomic mass is 16.5. The van der Waals surface area contributed by atoms with Crippen LogP contribution in [0.2, 0.25) is 0 Å². The Balaban J connectivity index is 2.23. The van der Waals surface area contributed by atoms with Crippen molar-refractivity contribution in [1.29, 1.82) is 0 Å². The number of carboxylic acid groups (broad SMARTS) is 1. The second-order valence-corrected chi connectivity index (χ2v) is 5.00. The Kier molecular flexibility index (Phi) is 4.08. The minimum atomic E-state index is -0.878. The van der Waals surface area contributed by atoms with Crippen LogP contribution in [0.15, 0.2) is 24.3 Å². The van der Waals surface area contributed by atoms with Gasteiger partial charge >= 0.3 is 5.97 Å². The first-order valence-corrected chi connectivity index (χ1v) is 6.49. The summed E-state index contributed by atoms with van der Waals surface area (Å²) in [6.07, 6.45) is 0.0765. The van der Waals surface area contributed by atoms with Gasteiger partial charge in [0.2, 0.25) is 0 Å². The fourth-order valence-corrected chi connectivity index (χ4v) is 1.96. The van der Waals surface area contributed by atoms with Crippen LogP contribution in [0.1, 0.15) is 25.1 Å². The Labute approximate surface area is 117 Å². The highest BCUT2D eigenvalue weighted by Gasteiger charge is 2.09. The molecule has 0 amide bonds. The molecule has 0 saturated carbocycles. The first kappa shape index (κ1) is 14.1. The van der Waals surface area contributed by atoms with Gasteiger partial charge in [0.1, 0.15) is 5.75 Å². The molecular weight excluding hydrogens is 256 g/mol. The lowest BCUT2D eigenvalue weighted by Crippen LogP contribution is -2.06. The molecule has 1 aromatic heterocycles. The van der Waals surface area contributed by atoms with Crippen molar-refractivity contribution in [1.82, 2.24) is 10.2 Å². The number of aryl methyl sites for hydroxylation is 1. The van der Waals surface area contributed by atoms with Gasteiger partial charge in [0.25, 0.3) is 0 Å². The maximum atomic E-state index is 10.7. The second kappa shape index (κ2) is 5.77. The monoisotopic (exact) mass is 274 g/mol. The number of hydrogen-bond acceptors (Lipinski definition) is 3. The van der Waals surface area contributed by atoms with Gasteiger partial charge in [-0.3, -0.25) is 9.89 Å². The molecule has 2 N–H and O–H groups in total. The maximum absolute atomic E-state index is 10.7. The third-order valence-corrected chi connectivity index (χ3v) is 2.81. The van der Waals surface area contributed by atoms with Crippen molar-refractivity contribution in [3.05, 3.63) is 35.5 Å². The third-order valence-electron chi connectivity index (χ3n) is 2.81. The number of hydrogen-bond donors (Lipinski definition) is 2. The number of carbonyl (C=O) groups is 1. The third kappa shape index (κ3) is 3.38. The molecule has 2 aromatic rings. The van der Waals surface area contributed by atoms with Crippen LogP contribution in [0.3, 0.4) is 0 Å². The van der Waals surface area contributed by atoms with Crippen LogP contribution >= 0.6 is 0 Å². The highest BCUT2D eigenvalue weighted by Crippen LogP contribution is 2.26. The summed E-state index contributed by atoms with van der Waals surface area (Å²) < 4.78 is 5.69. The molecule has 2 rings (SSSR count). The molecule has 5 nitrogen and oxygen atoms in total. The molecule has 0 radical (unpaired) electrons. The van der Waals surface area contributed by atoms with E-state index in [1.54, 1.807) is 6.07 Å². The number of aromatic amines is 1. The lowest BCUT2D eigenvalue weighted by Gasteiger charge is -2.12. The van der Waals surface area contributed by atoms with Gasteiger partial charge in [0, 0.05) is 11.3 Å². The highest BCUT2D eigenvalue weighted by molar-refractivity contribution is 5.70. The minimum Gasteiger partial charge on any atom is -0.491 e. The largest absolute Gasteiger partial charge is 0.491 e. The molecule has 1 aromatic carbocycles. The van der Waals surface area contributed by atoms with Crippen molar-refractivity contribution in [3.63, 3.8) is 0 Å². The number of nitrogens with zero attached hydrogens (tertiary/aromatic N) is 1. The van der Waals surface area contributed by atoms with Crippen molar-refractivity contribution in [2.45, 2.75) is 33.3 Å². The fraction of sp³-hybridized carbons (Fsp3) is 0.333. The number of benzene rings is 1. The van der Waals surface area contributed by atoms with E-state index in [1.165, 1.54) is 0 Å². The molecule has 1 heterocycles. The average Bonchev–Trinajstić information content (AvgIpc) is 2.78. The number of H-pyrrole nitrogens is 1. The zero-order valence-electron chi connectivity index (χ0n) is 11.8. The first-order chi connectivity index (χ1) is 9.45. The summed E-state index contributed by atoms with van der Waals surface area (Å²) in [6.45, 7) is 5.95. The van der Waals surface area contributed by atoms with Crippen LogP contribution in [0, 0.1) is 6.92 Å². The number of rotatable bonds is 5. The number of aromatic nitrogens is 2. The van der Waals surface area contributed by atoms with Crippen LogP contribution in [0.4, 0.5) is 0 Å². The predicted octanol–water partition coefficient (Wildman–Crippen LogP) is 2.80. The zero-order chi connectivity index (χ0) is 14.7. The van der Waals surface area contributed by atoms with E-state index in [-0.39, 0.29) is 12.5 Å². The van der Waals surface area contributed by atoms with E-state index < -0.39 is 5.97 Å². The Morgan fingerprint density at radius 3 is 2.75 bits per heavy atom. The Hall–Kier alpha value is -2.30. The standard InChI is InChI=1S/C15H18N2O3/c1-9(2)20-14-5-4-11(6-10(14)3)13-7-12(16-17-13)8-15(18)19/h4-7,9H,8H2,1-3H3,(H,16,17)(H,18,19). The molecule has 0 bridgehead atoms. The zero-order valence-corrected chi connectivity index (χ0v) is 11.8. The Bertz CT molecular complexity index is 617. The average molecular weight is 274 g/mol. The number of nitrogens with one attached hydrogen (secondary N) is 1. The van der Waals surface area contributed by atoms with Crippen molar-refractivity contribution in [3.8, 4) is 17.0 Å². The molecule has 0 aliphatic rings. The summed E-state index contributed by atoms with van der Waals surface area (Å²) >= 11 is 0. The van der Waals surface area contributed by atoms with E-state index in [9.17, 15) is 4.79 Å². The molecule has 5 heteroatoms. The van der Waals surface area contributed by atoms with Crippen molar-refractivity contribution >= 4 is 5.97 Å². The van der Waals surface area contributed by atoms with Crippen LogP contribution in [-0.4, -0.2) is 27.4 Å². The van der Waals surface area contributed by atoms with Crippen LogP contribution in [-0.2, 0) is 11.2 Å². The van der Waals surface area contributed by atoms with Gasteiger partial charge in [-0.15, -0.1) is 0 Å². The predicted molar refractivity (Wildman–Crippen MR) is 75.9 cm³/mol. The quantitative estimate of drug-likeness (QED) is 0.879. The molecule has 0 spiro atoms. The maximum Gasteiger partial charge on any atom is 0.309 e. The SMILES string of the molecule is Cc1cc(-c2cc(CC(=O)O)[nH]n2)ccc1OC(C)C. The summed E-state index contributed by atoms with van der Waals surface area (Å²) in [4.78, 5) is 10.7. The fourth-order valence-electron chi connectivity index (χ4n) is 1.96. The summed E-state index contributed by atoms with van der Waals surface area (Å²) in [6, 6.07) is 7.58. The minimum absolute atomic E-state index is 0.0550. The van der Waals surface area contributed by atoms with Gasteiger partial charge in [-0.1, -0.05) is 0 Å². The topological polar surface area (TPSA) is 75.2 Å². The van der Waals surface area contributed by atoms with Gasteiger partial charge in [0.15, 0.2) is 0 Å². The first-order valence-electron chi connectivity index (χ1n) is 6.49. The van der Waals surface area contributed by atoms with Crippen LogP contribution in [0.25, 0.3) is 11.3 Å². The van der Waals surface area contributed by atoms with Crippen molar-refractivity contribution < 1.29 is 14.6 Å². The lowest BCUT2D eigenvalue weighted by atomic mass is 10.1. The Morgan fingerprint density at radius 2 is 2.15 bits per heavy atom. The normalized spacial score (nSPS) is 10.8. The molecule has 0 aliphatic carbocycles. The second-order valence-electron chi connectivity index (χ2n) is 5.00. The van der Waals surface area contributed by atoms with E-state index in [2.05, 4.69) is 10.2 Å². The molecule has 20 heavy (non-hydrogen) atoms. The van der Waals surface area contributed by atoms with Crippen molar-refractivity contribution in [2.75, 3.05) is 0 Å². The van der Waals surface area contributed by atoms with Gasteiger partial charge in [-0.05, 0) is 50.6 Å². The van der Waals surface area contributed by atoms with Crippen molar-refractivity contribution in [2.24, 2.45) is 0 Å². The molecule has 0 unspecified atom stereocenters. The van der Waals surface area contributed by atoms with E-state index in [1.807, 2.05) is 39.0 Å². The molecule has 0 atom stereocenters. The van der Waals surface area contributed by atoms with E-state index in [0.717, 1.165) is 22.6 Å². The lowest BCUT2D eigenvalue weighted by molar-refractivity contribution is -0.136. The summed E-state index contributed by atoms with van der Waals surface area (Å²) in [5.74, 6) is -0.0258. The van der Waals surface area contributed by atoms with Gasteiger partial charge in [0.05, 0.1) is 18.2 Å². The molecular formula is C15H18N2O3. The van der Waals surface area contributed by atoms with Gasteiger partial charge in [-0.2, -0.15) is 5.10 Å². The van der Waals surface area contributed by atoms with Crippen LogP contribution < -0.4 is 4.74 Å². The summed E-state index contributed by atoms with van der Waals surface area (Å²) in [7, 11) is 0. The van der Waals surface area contributed by atoms with E-state index in [0.29, 0.717) is 5.69 Å². The Morgan fingerprint density at radius 1 is 1.40 bits per heavy atom. The van der Waals surface area contributed by atoms with E-state index in [4.69, 9.17) is 9.84 Å². The van der Waals surface area contributed by atoms with Gasteiger partial charge in [-0.25, -0.2) is 0 Å². The van der Waals surface area contributed by atoms with E-state index >= 15 is 0 Å². The number of ether oxygens (including phenoxy) is 1. The molecule has 0 saturated heterocycles. The molecule has 106 valence electrons. The smallest absolute Gasteiger partial charge is 0.309 e. The van der Waals surface area contributed by atoms with Gasteiger partial charge < -0.3 is 9.84 Å². The van der Waals surface area contributed by atoms with Crippen LogP contribution in [0.5, 0.6) is 5.75 Å².